The van der Waals surface area contributed by atoms with E-state index < -0.39 is 0 Å². The molecule has 688 valence electrons. The number of rotatable bonds is 55. The largest absolute Gasteiger partial charge is 0.456 e. The SMILES string of the molecule is CCCCCCCCC1(CCCCCCCC)c2cc(N(c3ccc4c(c3)C(CCCCCC)(CCCCCC)c3c5c(c6oc7ccccc7c6c3-4)-c3ccccc3C5(CCCCCCC)CCCCCCC)c3c(-c4ccccc4)cccc3-c3ccccc3)ccc2-c2cc3c(cc21)-c1c(ccc2oc4ccccc4c12)C3(CCCCCCCC)CCCCCCCC. The van der Waals surface area contributed by atoms with Crippen molar-refractivity contribution < 1.29 is 8.83 Å². The van der Waals surface area contributed by atoms with Crippen LogP contribution < -0.4 is 4.90 Å². The van der Waals surface area contributed by atoms with Gasteiger partial charge < -0.3 is 13.7 Å². The Balaban J connectivity index is 0.959. The maximum atomic E-state index is 7.78. The molecule has 2 aromatic heterocycles. The third-order valence-corrected chi connectivity index (χ3v) is 32.7. The van der Waals surface area contributed by atoms with Gasteiger partial charge in [-0.3, -0.25) is 0 Å². The molecular formula is C128H159NO2. The molecule has 0 N–H and O–H groups in total. The Labute approximate surface area is 791 Å². The summed E-state index contributed by atoms with van der Waals surface area (Å²) in [7, 11) is 0. The summed E-state index contributed by atoms with van der Waals surface area (Å²) in [6, 6.07) is 86.0. The van der Waals surface area contributed by atoms with Crippen LogP contribution in [-0.4, -0.2) is 0 Å². The molecule has 0 aliphatic heterocycles. The molecule has 0 unspecified atom stereocenters. The molecule has 131 heavy (non-hydrogen) atoms. The molecule has 0 fully saturated rings. The third kappa shape index (κ3) is 18.6. The van der Waals surface area contributed by atoms with Gasteiger partial charge in [0, 0.05) is 71.3 Å². The zero-order chi connectivity index (χ0) is 90.0. The number of para-hydroxylation sites is 3. The minimum absolute atomic E-state index is 0.142. The second-order valence-electron chi connectivity index (χ2n) is 41.3. The highest BCUT2D eigenvalue weighted by Crippen LogP contribution is 2.70. The van der Waals surface area contributed by atoms with Crippen LogP contribution >= 0.6 is 0 Å². The molecule has 0 atom stereocenters. The lowest BCUT2D eigenvalue weighted by molar-refractivity contribution is 0.369. The average molecular weight is 1740 g/mol. The first-order valence-electron chi connectivity index (χ1n) is 54.3. The average Bonchev–Trinajstić information content (AvgIpc) is 1.49. The zero-order valence-electron chi connectivity index (χ0n) is 82.3. The maximum absolute atomic E-state index is 7.78. The van der Waals surface area contributed by atoms with Gasteiger partial charge in [-0.25, -0.2) is 0 Å². The van der Waals surface area contributed by atoms with E-state index in [-0.39, 0.29) is 21.7 Å². The molecule has 0 saturated carbocycles. The van der Waals surface area contributed by atoms with Crippen LogP contribution in [0.1, 0.15) is 421 Å². The van der Waals surface area contributed by atoms with Crippen molar-refractivity contribution in [1.82, 2.24) is 0 Å². The summed E-state index contributed by atoms with van der Waals surface area (Å²) in [5.41, 5.74) is 36.4. The molecule has 0 spiro atoms. The van der Waals surface area contributed by atoms with E-state index in [0.717, 1.165) is 60.9 Å². The van der Waals surface area contributed by atoms with Crippen LogP contribution in [0.2, 0.25) is 0 Å². The number of unbranched alkanes of at least 4 members (excludes halogenated alkanes) is 34. The van der Waals surface area contributed by atoms with Crippen molar-refractivity contribution in [3.05, 3.63) is 257 Å². The lowest BCUT2D eigenvalue weighted by Crippen LogP contribution is -2.33. The smallest absolute Gasteiger partial charge is 0.144 e. The summed E-state index contributed by atoms with van der Waals surface area (Å²) in [5, 5.41) is 5.19. The molecule has 3 heteroatoms. The van der Waals surface area contributed by atoms with Crippen molar-refractivity contribution in [1.29, 1.82) is 0 Å². The lowest BCUT2D eigenvalue weighted by Gasteiger charge is -2.40. The number of hydrogen-bond acceptors (Lipinski definition) is 3. The van der Waals surface area contributed by atoms with Gasteiger partial charge in [-0.15, -0.1) is 0 Å². The number of fused-ring (bicyclic) bond motifs is 22. The molecule has 0 radical (unpaired) electrons. The fourth-order valence-corrected chi connectivity index (χ4v) is 26.1. The van der Waals surface area contributed by atoms with Crippen molar-refractivity contribution >= 4 is 60.9 Å². The van der Waals surface area contributed by atoms with Crippen LogP contribution in [0.15, 0.2) is 221 Å². The van der Waals surface area contributed by atoms with Crippen molar-refractivity contribution in [3.63, 3.8) is 0 Å². The van der Waals surface area contributed by atoms with Gasteiger partial charge in [0.2, 0.25) is 0 Å². The van der Waals surface area contributed by atoms with Crippen molar-refractivity contribution in [3.8, 4) is 66.8 Å². The number of nitrogens with zero attached hydrogens (tertiary/aromatic N) is 1. The fourth-order valence-electron chi connectivity index (χ4n) is 26.1. The van der Waals surface area contributed by atoms with Gasteiger partial charge in [0.15, 0.2) is 0 Å². The molecule has 4 aliphatic rings. The summed E-state index contributed by atoms with van der Waals surface area (Å²) in [5.74, 6) is 0. The Morgan fingerprint density at radius 2 is 0.557 bits per heavy atom. The third-order valence-electron chi connectivity index (χ3n) is 32.7. The minimum atomic E-state index is -0.320. The van der Waals surface area contributed by atoms with Crippen LogP contribution in [-0.2, 0) is 21.7 Å². The van der Waals surface area contributed by atoms with Crippen LogP contribution in [0.3, 0.4) is 0 Å². The first kappa shape index (κ1) is 93.6. The fraction of sp³-hybridized carbons (Fsp3) is 0.484. The molecule has 4 aliphatic carbocycles. The Hall–Kier alpha value is -9.18. The van der Waals surface area contributed by atoms with Crippen molar-refractivity contribution in [2.45, 2.75) is 398 Å². The topological polar surface area (TPSA) is 29.5 Å². The Morgan fingerprint density at radius 1 is 0.214 bits per heavy atom. The summed E-state index contributed by atoms with van der Waals surface area (Å²) in [4.78, 5) is 2.87. The maximum Gasteiger partial charge on any atom is 0.144 e. The number of anilines is 3. The van der Waals surface area contributed by atoms with Crippen LogP contribution in [0.5, 0.6) is 0 Å². The van der Waals surface area contributed by atoms with Gasteiger partial charge in [-0.2, -0.15) is 0 Å². The second-order valence-corrected chi connectivity index (χ2v) is 41.3. The zero-order valence-corrected chi connectivity index (χ0v) is 82.3. The van der Waals surface area contributed by atoms with E-state index >= 15 is 0 Å². The van der Waals surface area contributed by atoms with E-state index in [1.54, 1.807) is 44.5 Å². The molecule has 0 amide bonds. The van der Waals surface area contributed by atoms with Gasteiger partial charge >= 0.3 is 0 Å². The summed E-state index contributed by atoms with van der Waals surface area (Å²) in [6.07, 6.45) is 62.2. The van der Waals surface area contributed by atoms with Crippen molar-refractivity contribution in [2.75, 3.05) is 4.90 Å². The van der Waals surface area contributed by atoms with E-state index in [1.807, 2.05) is 0 Å². The lowest BCUT2D eigenvalue weighted by atomic mass is 9.62. The van der Waals surface area contributed by atoms with E-state index in [9.17, 15) is 0 Å². The first-order chi connectivity index (χ1) is 64.7. The van der Waals surface area contributed by atoms with Crippen molar-refractivity contribution in [2.24, 2.45) is 0 Å². The van der Waals surface area contributed by atoms with Gasteiger partial charge in [-0.1, -0.05) is 483 Å². The highest BCUT2D eigenvalue weighted by molar-refractivity contribution is 6.21. The Kier molecular flexibility index (Phi) is 31.7. The molecule has 11 aromatic carbocycles. The van der Waals surface area contributed by atoms with Gasteiger partial charge in [0.05, 0.1) is 5.69 Å². The molecular weight excluding hydrogens is 1580 g/mol. The number of benzene rings is 11. The normalized spacial score (nSPS) is 14.4. The summed E-state index contributed by atoms with van der Waals surface area (Å²) < 4.78 is 14.9. The van der Waals surface area contributed by atoms with E-state index in [2.05, 4.69) is 273 Å². The van der Waals surface area contributed by atoms with Gasteiger partial charge in [-0.05, 0) is 201 Å². The Bertz CT molecular complexity index is 5800. The molecule has 3 nitrogen and oxygen atoms in total. The molecule has 17 rings (SSSR count). The standard InChI is InChI=1S/C128H159NO2/c1-9-17-25-33-39-57-82-125(83-58-40-34-26-18-10-2)108-80-81-115-117(103-69-50-53-74-113(103)130-115)116(108)106-93-111-105(92-112(106)125)100-78-76-96(90-109(100)126(111,84-59-41-35-27-19-11-3)85-60-42-36-28-20-12-4)129(123-98(94-64-45-43-46-65-94)71-63-72-99(123)95-66-47-44-48-67-95)97-77-79-102-110(91-97)128(88-55-31-23-15-7,89-56-32-24-16-8)121-118(102)119-104-70-51-54-75-114(104)131-124(119)120-101-68-49-52-73-107(101)127(122(120)121,86-61-37-29-21-13-5)87-62-38-30-22-14-6/h43-54,63-81,90-93H,9-42,55-62,82-89H2,1-8H3. The number of hydrogen-bond donors (Lipinski definition) is 0. The van der Waals surface area contributed by atoms with Crippen LogP contribution in [0.4, 0.5) is 17.1 Å². The molecule has 0 bridgehead atoms. The van der Waals surface area contributed by atoms with Crippen LogP contribution in [0, 0.1) is 0 Å². The highest BCUT2D eigenvalue weighted by atomic mass is 16.3. The summed E-state index contributed by atoms with van der Waals surface area (Å²) >= 11 is 0. The first-order valence-corrected chi connectivity index (χ1v) is 54.3. The van der Waals surface area contributed by atoms with Crippen LogP contribution in [0.25, 0.3) is 111 Å². The quantitative estimate of drug-likeness (QED) is 0.0356. The van der Waals surface area contributed by atoms with Gasteiger partial charge in [0.1, 0.15) is 22.3 Å². The predicted molar refractivity (Wildman–Crippen MR) is 568 cm³/mol. The second kappa shape index (κ2) is 44.3. The predicted octanol–water partition coefficient (Wildman–Crippen LogP) is 41.0. The van der Waals surface area contributed by atoms with Gasteiger partial charge in [0.25, 0.3) is 0 Å². The van der Waals surface area contributed by atoms with E-state index in [1.165, 1.54) is 388 Å². The molecule has 0 saturated heterocycles. The monoisotopic (exact) mass is 1740 g/mol. The van der Waals surface area contributed by atoms with E-state index in [0.29, 0.717) is 0 Å². The molecule has 2 heterocycles. The Morgan fingerprint density at radius 3 is 1.05 bits per heavy atom. The molecule has 13 aromatic rings. The number of furan rings is 2. The highest BCUT2D eigenvalue weighted by Gasteiger charge is 2.55. The minimum Gasteiger partial charge on any atom is -0.456 e. The van der Waals surface area contributed by atoms with E-state index in [4.69, 9.17) is 8.83 Å². The summed E-state index contributed by atoms with van der Waals surface area (Å²) in [6.45, 7) is 19.2.